The van der Waals surface area contributed by atoms with E-state index < -0.39 is 0 Å². The van der Waals surface area contributed by atoms with E-state index in [1.54, 1.807) is 0 Å². The molecule has 0 aliphatic carbocycles. The summed E-state index contributed by atoms with van der Waals surface area (Å²) in [6.07, 6.45) is 3.85. The van der Waals surface area contributed by atoms with Gasteiger partial charge >= 0.3 is 0 Å². The van der Waals surface area contributed by atoms with Crippen LogP contribution in [0, 0.1) is 6.92 Å². The first-order valence-electron chi connectivity index (χ1n) is 10.3. The predicted molar refractivity (Wildman–Crippen MR) is 120 cm³/mol. The summed E-state index contributed by atoms with van der Waals surface area (Å²) in [4.78, 5) is 21.6. The molecule has 4 aromatic rings. The van der Waals surface area contributed by atoms with E-state index in [1.807, 2.05) is 59.2 Å². The van der Waals surface area contributed by atoms with Gasteiger partial charge in [-0.2, -0.15) is 0 Å². The van der Waals surface area contributed by atoms with E-state index >= 15 is 0 Å². The quantitative estimate of drug-likeness (QED) is 0.519. The minimum absolute atomic E-state index is 0.117. The van der Waals surface area contributed by atoms with Crippen molar-refractivity contribution in [1.29, 1.82) is 0 Å². The number of amides is 1. The Morgan fingerprint density at radius 3 is 2.23 bits per heavy atom. The molecule has 2 heterocycles. The van der Waals surface area contributed by atoms with Gasteiger partial charge in [-0.15, -0.1) is 0 Å². The Labute approximate surface area is 176 Å². The summed E-state index contributed by atoms with van der Waals surface area (Å²) in [5.41, 5.74) is 4.06. The molecule has 5 heteroatoms. The highest BCUT2D eigenvalue weighted by Crippen LogP contribution is 2.21. The molecule has 0 N–H and O–H groups in total. The van der Waals surface area contributed by atoms with Crippen LogP contribution in [0.15, 0.2) is 79.3 Å². The number of fused-ring (bicyclic) bond motifs is 1. The molecule has 0 spiro atoms. The molecule has 0 unspecified atom stereocenters. The molecule has 3 aromatic carbocycles. The van der Waals surface area contributed by atoms with Crippen LogP contribution in [0.1, 0.15) is 16.1 Å². The highest BCUT2D eigenvalue weighted by molar-refractivity contribution is 5.98. The van der Waals surface area contributed by atoms with Crippen molar-refractivity contribution in [2.45, 2.75) is 6.92 Å². The van der Waals surface area contributed by atoms with E-state index in [0.717, 1.165) is 53.9 Å². The van der Waals surface area contributed by atoms with E-state index in [2.05, 4.69) is 46.3 Å². The first-order valence-corrected chi connectivity index (χ1v) is 10.3. The molecule has 30 heavy (non-hydrogen) atoms. The number of aryl methyl sites for hydroxylation is 1. The Hall–Kier alpha value is -3.60. The van der Waals surface area contributed by atoms with E-state index in [0.29, 0.717) is 0 Å². The van der Waals surface area contributed by atoms with Crippen LogP contribution in [0.2, 0.25) is 0 Å². The number of nitrogens with zero attached hydrogens (tertiary/aromatic N) is 4. The van der Waals surface area contributed by atoms with Crippen molar-refractivity contribution in [3.05, 3.63) is 90.5 Å². The topological polar surface area (TPSA) is 41.4 Å². The molecule has 1 saturated heterocycles. The third kappa shape index (κ3) is 3.54. The first kappa shape index (κ1) is 18.4. The Morgan fingerprint density at radius 2 is 1.53 bits per heavy atom. The number of carbonyl (C=O) groups excluding carboxylic acids is 1. The van der Waals surface area contributed by atoms with Gasteiger partial charge in [-0.05, 0) is 54.1 Å². The van der Waals surface area contributed by atoms with Crippen LogP contribution >= 0.6 is 0 Å². The number of anilines is 1. The van der Waals surface area contributed by atoms with E-state index in [-0.39, 0.29) is 5.91 Å². The number of piperazine rings is 1. The molecule has 1 fully saturated rings. The summed E-state index contributed by atoms with van der Waals surface area (Å²) in [6, 6.07) is 22.6. The monoisotopic (exact) mass is 396 g/mol. The van der Waals surface area contributed by atoms with Crippen LogP contribution in [-0.4, -0.2) is 46.5 Å². The lowest BCUT2D eigenvalue weighted by Crippen LogP contribution is -2.48. The molecule has 0 atom stereocenters. The lowest BCUT2D eigenvalue weighted by atomic mass is 10.1. The summed E-state index contributed by atoms with van der Waals surface area (Å²) in [7, 11) is 0. The molecule has 5 nitrogen and oxygen atoms in total. The highest BCUT2D eigenvalue weighted by Gasteiger charge is 2.22. The average molecular weight is 396 g/mol. The van der Waals surface area contributed by atoms with Crippen molar-refractivity contribution in [2.75, 3.05) is 31.1 Å². The largest absolute Gasteiger partial charge is 0.368 e. The van der Waals surface area contributed by atoms with Crippen LogP contribution in [-0.2, 0) is 0 Å². The summed E-state index contributed by atoms with van der Waals surface area (Å²) < 4.78 is 2.03. The molecular formula is C25H24N4O. The lowest BCUT2D eigenvalue weighted by Gasteiger charge is -2.36. The zero-order valence-corrected chi connectivity index (χ0v) is 17.0. The van der Waals surface area contributed by atoms with Crippen molar-refractivity contribution in [3.8, 4) is 5.69 Å². The second-order valence-corrected chi connectivity index (χ2v) is 7.78. The summed E-state index contributed by atoms with van der Waals surface area (Å²) >= 11 is 0. The fourth-order valence-corrected chi connectivity index (χ4v) is 4.07. The highest BCUT2D eigenvalue weighted by atomic mass is 16.2. The number of aromatic nitrogens is 2. The fourth-order valence-electron chi connectivity index (χ4n) is 4.07. The minimum atomic E-state index is 0.117. The standard InChI is InChI=1S/C25H24N4O/c1-19-17-29(18-26-19)24-10-8-23(9-11-24)27-12-14-28(15-13-27)25(30)22-7-6-20-4-2-3-5-21(20)16-22/h2-11,16-18H,12-15H2,1H3. The van der Waals surface area contributed by atoms with Crippen LogP contribution in [0.4, 0.5) is 5.69 Å². The van der Waals surface area contributed by atoms with Gasteiger partial charge in [-0.1, -0.05) is 30.3 Å². The van der Waals surface area contributed by atoms with Crippen molar-refractivity contribution >= 4 is 22.4 Å². The zero-order valence-electron chi connectivity index (χ0n) is 17.0. The molecule has 5 rings (SSSR count). The Bertz CT molecular complexity index is 1190. The van der Waals surface area contributed by atoms with Gasteiger partial charge in [0.15, 0.2) is 0 Å². The average Bonchev–Trinajstić information content (AvgIpc) is 3.25. The minimum Gasteiger partial charge on any atom is -0.368 e. The summed E-state index contributed by atoms with van der Waals surface area (Å²) in [5.74, 6) is 0.117. The number of benzene rings is 3. The summed E-state index contributed by atoms with van der Waals surface area (Å²) in [5, 5.41) is 2.27. The van der Waals surface area contributed by atoms with Crippen LogP contribution < -0.4 is 4.90 Å². The van der Waals surface area contributed by atoms with Crippen molar-refractivity contribution in [1.82, 2.24) is 14.5 Å². The third-order valence-corrected chi connectivity index (χ3v) is 5.79. The van der Waals surface area contributed by atoms with Crippen molar-refractivity contribution in [2.24, 2.45) is 0 Å². The molecular weight excluding hydrogens is 372 g/mol. The molecule has 0 saturated carbocycles. The van der Waals surface area contributed by atoms with Gasteiger partial charge in [-0.25, -0.2) is 4.98 Å². The van der Waals surface area contributed by atoms with Gasteiger partial charge in [0, 0.05) is 49.3 Å². The second-order valence-electron chi connectivity index (χ2n) is 7.78. The zero-order chi connectivity index (χ0) is 20.5. The van der Waals surface area contributed by atoms with E-state index in [1.165, 1.54) is 5.69 Å². The predicted octanol–water partition coefficient (Wildman–Crippen LogP) is 4.30. The van der Waals surface area contributed by atoms with Gasteiger partial charge < -0.3 is 14.4 Å². The van der Waals surface area contributed by atoms with E-state index in [4.69, 9.17) is 0 Å². The maximum absolute atomic E-state index is 13.0. The molecule has 1 amide bonds. The van der Waals surface area contributed by atoms with Gasteiger partial charge in [0.25, 0.3) is 5.91 Å². The molecule has 1 aliphatic rings. The fraction of sp³-hybridized carbons (Fsp3) is 0.200. The molecule has 1 aromatic heterocycles. The SMILES string of the molecule is Cc1cn(-c2ccc(N3CCN(C(=O)c4ccc5ccccc5c4)CC3)cc2)cn1. The molecule has 1 aliphatic heterocycles. The Morgan fingerprint density at radius 1 is 0.833 bits per heavy atom. The number of hydrogen-bond donors (Lipinski definition) is 0. The first-order chi connectivity index (χ1) is 14.7. The lowest BCUT2D eigenvalue weighted by molar-refractivity contribution is 0.0747. The molecule has 150 valence electrons. The second kappa shape index (κ2) is 7.67. The van der Waals surface area contributed by atoms with Crippen LogP contribution in [0.25, 0.3) is 16.5 Å². The van der Waals surface area contributed by atoms with Crippen LogP contribution in [0.5, 0.6) is 0 Å². The van der Waals surface area contributed by atoms with E-state index in [9.17, 15) is 4.79 Å². The number of hydrogen-bond acceptors (Lipinski definition) is 3. The van der Waals surface area contributed by atoms with Crippen molar-refractivity contribution in [3.63, 3.8) is 0 Å². The molecule has 0 radical (unpaired) electrons. The van der Waals surface area contributed by atoms with Gasteiger partial charge in [0.2, 0.25) is 0 Å². The smallest absolute Gasteiger partial charge is 0.253 e. The number of imidazole rings is 1. The number of rotatable bonds is 3. The third-order valence-electron chi connectivity index (χ3n) is 5.79. The normalized spacial score (nSPS) is 14.3. The van der Waals surface area contributed by atoms with Gasteiger partial charge in [0.1, 0.15) is 0 Å². The van der Waals surface area contributed by atoms with Gasteiger partial charge in [-0.3, -0.25) is 4.79 Å². The van der Waals surface area contributed by atoms with Crippen LogP contribution in [0.3, 0.4) is 0 Å². The van der Waals surface area contributed by atoms with Crippen molar-refractivity contribution < 1.29 is 4.79 Å². The summed E-state index contributed by atoms with van der Waals surface area (Å²) in [6.45, 7) is 5.12. The Balaban J connectivity index is 1.25. The van der Waals surface area contributed by atoms with Gasteiger partial charge in [0.05, 0.1) is 12.0 Å². The maximum atomic E-state index is 13.0. The number of carbonyl (C=O) groups is 1. The Kier molecular flexibility index (Phi) is 4.71. The molecule has 0 bridgehead atoms. The maximum Gasteiger partial charge on any atom is 0.253 e.